The molecule has 0 radical (unpaired) electrons. The van der Waals surface area contributed by atoms with Crippen LogP contribution in [0.25, 0.3) is 11.1 Å². The standard InChI is InChI=1S/C58H82N4O/c1-5-9-13-15-19-21-45-25-29-49(30-26-45)51(53-35-33-47(23-17-11-7-3)55(41-59)57(53)43-61)37-39-63-40-38-52(50-31-27-46(28-32-50)22-20-16-14-10-6-2)54-36-34-48(24-18-12-8-4)56(42-60)58(54)44-62/h33-38,45-46,49-50H,5-32,39-40H2,1-4H3/t45-,46-,49-,50-. The molecule has 2 aliphatic rings. The van der Waals surface area contributed by atoms with Crippen LogP contribution < -0.4 is 0 Å². The molecular weight excluding hydrogens is 769 g/mol. The van der Waals surface area contributed by atoms with E-state index < -0.39 is 0 Å². The molecule has 5 heteroatoms. The molecule has 0 bridgehead atoms. The third-order valence-electron chi connectivity index (χ3n) is 14.6. The van der Waals surface area contributed by atoms with Gasteiger partial charge in [-0.1, -0.05) is 167 Å². The van der Waals surface area contributed by atoms with E-state index in [0.29, 0.717) is 47.3 Å². The van der Waals surface area contributed by atoms with Gasteiger partial charge in [0.15, 0.2) is 0 Å². The summed E-state index contributed by atoms with van der Waals surface area (Å²) < 4.78 is 6.52. The molecule has 0 saturated heterocycles. The second-order valence-electron chi connectivity index (χ2n) is 19.1. The molecule has 0 unspecified atom stereocenters. The highest BCUT2D eigenvalue weighted by Gasteiger charge is 2.29. The van der Waals surface area contributed by atoms with Crippen LogP contribution in [0.3, 0.4) is 0 Å². The molecule has 63 heavy (non-hydrogen) atoms. The third-order valence-corrected chi connectivity index (χ3v) is 14.6. The molecule has 0 aliphatic heterocycles. The van der Waals surface area contributed by atoms with Crippen molar-refractivity contribution in [2.24, 2.45) is 23.7 Å². The highest BCUT2D eigenvalue weighted by molar-refractivity contribution is 5.77. The fraction of sp³-hybridized carbons (Fsp3) is 0.655. The number of nitriles is 4. The number of nitrogens with zero attached hydrogens (tertiary/aromatic N) is 4. The maximum absolute atomic E-state index is 10.6. The molecule has 0 atom stereocenters. The highest BCUT2D eigenvalue weighted by atomic mass is 16.5. The van der Waals surface area contributed by atoms with Gasteiger partial charge in [0.25, 0.3) is 0 Å². The summed E-state index contributed by atoms with van der Waals surface area (Å²) >= 11 is 0. The van der Waals surface area contributed by atoms with E-state index in [1.807, 2.05) is 0 Å². The lowest BCUT2D eigenvalue weighted by Gasteiger charge is -2.31. The van der Waals surface area contributed by atoms with Crippen molar-refractivity contribution in [1.29, 1.82) is 21.0 Å². The van der Waals surface area contributed by atoms with E-state index >= 15 is 0 Å². The smallest absolute Gasteiger partial charge is 0.101 e. The highest BCUT2D eigenvalue weighted by Crippen LogP contribution is 2.43. The average molecular weight is 851 g/mol. The van der Waals surface area contributed by atoms with Gasteiger partial charge in [0, 0.05) is 0 Å². The SMILES string of the molecule is CCCCCCC[C@H]1CC[C@H](C(=CCOCC=C(c2ccc(CCCCC)c(C#N)c2C#N)[C@H]2CC[C@H](CCCCCCC)CC2)c2ccc(CCCCC)c(C#N)c2C#N)CC1. The van der Waals surface area contributed by atoms with Crippen molar-refractivity contribution in [2.45, 2.75) is 207 Å². The van der Waals surface area contributed by atoms with E-state index in [0.717, 1.165) is 122 Å². The molecule has 0 N–H and O–H groups in total. The second-order valence-corrected chi connectivity index (χ2v) is 19.1. The van der Waals surface area contributed by atoms with Crippen LogP contribution in [0, 0.1) is 69.0 Å². The zero-order chi connectivity index (χ0) is 45.1. The summed E-state index contributed by atoms with van der Waals surface area (Å²) in [6.07, 6.45) is 37.5. The average Bonchev–Trinajstić information content (AvgIpc) is 3.31. The van der Waals surface area contributed by atoms with E-state index in [4.69, 9.17) is 4.74 Å². The Morgan fingerprint density at radius 1 is 0.460 bits per heavy atom. The summed E-state index contributed by atoms with van der Waals surface area (Å²) in [6, 6.07) is 18.3. The predicted molar refractivity (Wildman–Crippen MR) is 263 cm³/mol. The number of benzene rings is 2. The van der Waals surface area contributed by atoms with E-state index in [1.165, 1.54) is 103 Å². The lowest BCUT2D eigenvalue weighted by molar-refractivity contribution is 0.193. The van der Waals surface area contributed by atoms with Gasteiger partial charge < -0.3 is 4.74 Å². The second kappa shape index (κ2) is 30.1. The molecule has 340 valence electrons. The topological polar surface area (TPSA) is 104 Å². The first-order chi connectivity index (χ1) is 31.0. The van der Waals surface area contributed by atoms with Crippen LogP contribution in [0.4, 0.5) is 0 Å². The third kappa shape index (κ3) is 16.1. The normalized spacial score (nSPS) is 19.2. The maximum Gasteiger partial charge on any atom is 0.101 e. The fourth-order valence-corrected chi connectivity index (χ4v) is 10.8. The number of rotatable bonds is 28. The zero-order valence-electron chi connectivity index (χ0n) is 40.2. The van der Waals surface area contributed by atoms with Crippen LogP contribution in [-0.4, -0.2) is 13.2 Å². The van der Waals surface area contributed by atoms with Gasteiger partial charge in [0.2, 0.25) is 0 Å². The van der Waals surface area contributed by atoms with E-state index in [1.54, 1.807) is 0 Å². The molecule has 0 amide bonds. The van der Waals surface area contributed by atoms with Crippen molar-refractivity contribution in [2.75, 3.05) is 13.2 Å². The number of aryl methyl sites for hydroxylation is 2. The van der Waals surface area contributed by atoms with Crippen molar-refractivity contribution in [3.05, 3.63) is 80.9 Å². The molecule has 4 rings (SSSR count). The first-order valence-electron chi connectivity index (χ1n) is 25.9. The molecule has 0 heterocycles. The van der Waals surface area contributed by atoms with E-state index in [-0.39, 0.29) is 0 Å². The summed E-state index contributed by atoms with van der Waals surface area (Å²) in [7, 11) is 0. The van der Waals surface area contributed by atoms with Gasteiger partial charge in [0.05, 0.1) is 35.5 Å². The van der Waals surface area contributed by atoms with Crippen LogP contribution in [0.15, 0.2) is 36.4 Å². The van der Waals surface area contributed by atoms with Crippen LogP contribution in [0.2, 0.25) is 0 Å². The van der Waals surface area contributed by atoms with Crippen molar-refractivity contribution in [1.82, 2.24) is 0 Å². The van der Waals surface area contributed by atoms with Crippen molar-refractivity contribution < 1.29 is 4.74 Å². The number of unbranched alkanes of at least 4 members (excludes halogenated alkanes) is 12. The van der Waals surface area contributed by atoms with Gasteiger partial charge in [-0.2, -0.15) is 21.0 Å². The first kappa shape index (κ1) is 51.5. The Bertz CT molecular complexity index is 1760. The van der Waals surface area contributed by atoms with Gasteiger partial charge in [-0.3, -0.25) is 0 Å². The predicted octanol–water partition coefficient (Wildman–Crippen LogP) is 16.5. The van der Waals surface area contributed by atoms with Crippen LogP contribution in [0.5, 0.6) is 0 Å². The van der Waals surface area contributed by atoms with Crippen LogP contribution >= 0.6 is 0 Å². The van der Waals surface area contributed by atoms with E-state index in [2.05, 4.69) is 88.4 Å². The number of allylic oxidation sites excluding steroid dienone is 2. The Morgan fingerprint density at radius 2 is 0.810 bits per heavy atom. The molecule has 0 aromatic heterocycles. The van der Waals surface area contributed by atoms with Crippen molar-refractivity contribution in [3.63, 3.8) is 0 Å². The molecule has 2 aromatic carbocycles. The summed E-state index contributed by atoms with van der Waals surface area (Å²) in [6.45, 7) is 9.73. The molecule has 2 saturated carbocycles. The van der Waals surface area contributed by atoms with Gasteiger partial charge in [-0.05, 0) is 134 Å². The molecular formula is C58H82N4O. The summed E-state index contributed by atoms with van der Waals surface area (Å²) in [5, 5.41) is 42.0. The van der Waals surface area contributed by atoms with Gasteiger partial charge in [0.1, 0.15) is 24.3 Å². The van der Waals surface area contributed by atoms with Gasteiger partial charge >= 0.3 is 0 Å². The minimum atomic E-state index is 0.320. The Labute approximate surface area is 385 Å². The van der Waals surface area contributed by atoms with Crippen LogP contribution in [-0.2, 0) is 17.6 Å². The van der Waals surface area contributed by atoms with E-state index in [9.17, 15) is 21.0 Å². The van der Waals surface area contributed by atoms with Gasteiger partial charge in [-0.25, -0.2) is 0 Å². The summed E-state index contributed by atoms with van der Waals surface area (Å²) in [5.41, 5.74) is 8.21. The molecule has 0 spiro atoms. The summed E-state index contributed by atoms with van der Waals surface area (Å²) in [4.78, 5) is 0. The first-order valence-corrected chi connectivity index (χ1v) is 25.9. The monoisotopic (exact) mass is 851 g/mol. The van der Waals surface area contributed by atoms with Crippen LogP contribution in [0.1, 0.15) is 239 Å². The number of hydrogen-bond acceptors (Lipinski definition) is 5. The number of ether oxygens (including phenoxy) is 1. The zero-order valence-corrected chi connectivity index (χ0v) is 40.2. The van der Waals surface area contributed by atoms with Gasteiger partial charge in [-0.15, -0.1) is 0 Å². The lowest BCUT2D eigenvalue weighted by Crippen LogP contribution is -2.17. The molecule has 2 aliphatic carbocycles. The molecule has 5 nitrogen and oxygen atoms in total. The van der Waals surface area contributed by atoms with Crippen molar-refractivity contribution in [3.8, 4) is 24.3 Å². The Morgan fingerprint density at radius 3 is 1.16 bits per heavy atom. The Kier molecular flexibility index (Phi) is 24.6. The Hall–Kier alpha value is -4.16. The Balaban J connectivity index is 1.61. The number of hydrogen-bond donors (Lipinski definition) is 0. The fourth-order valence-electron chi connectivity index (χ4n) is 10.8. The minimum Gasteiger partial charge on any atom is -0.373 e. The largest absolute Gasteiger partial charge is 0.373 e. The summed E-state index contributed by atoms with van der Waals surface area (Å²) in [5.74, 6) is 2.17. The minimum absolute atomic E-state index is 0.320. The quantitative estimate of drug-likeness (QED) is 0.0793. The molecule has 2 fully saturated rings. The lowest BCUT2D eigenvalue weighted by atomic mass is 9.74. The van der Waals surface area contributed by atoms with Crippen molar-refractivity contribution >= 4 is 11.1 Å². The maximum atomic E-state index is 10.6. The molecule has 2 aromatic rings.